The Morgan fingerprint density at radius 2 is 2.11 bits per heavy atom. The van der Waals surface area contributed by atoms with Crippen molar-refractivity contribution in [1.82, 2.24) is 14.9 Å². The number of H-pyrrole nitrogens is 1. The first-order chi connectivity index (χ1) is 18.4. The normalized spacial score (nSPS) is 20.1. The minimum atomic E-state index is -1.28. The van der Waals surface area contributed by atoms with Crippen molar-refractivity contribution in [3.8, 4) is 5.75 Å². The predicted octanol–water partition coefficient (Wildman–Crippen LogP) is 4.58. The molecule has 0 bridgehead atoms. The SMILES string of the molecule is Cc1cc(OCCN2CCCC2)ccc1N=C1O/C(=C\c2c[nH]c3ncccc23)C(=O)C1C(=O)OC(C)C. The number of carbonyl (C=O) groups is 2. The number of allylic oxidation sites excluding steroid dienone is 1. The molecule has 2 fully saturated rings. The van der Waals surface area contributed by atoms with Gasteiger partial charge in [0.1, 0.15) is 18.0 Å². The van der Waals surface area contributed by atoms with Crippen molar-refractivity contribution in [3.05, 3.63) is 59.6 Å². The maximum absolute atomic E-state index is 13.3. The fourth-order valence-electron chi connectivity index (χ4n) is 4.67. The van der Waals surface area contributed by atoms with Crippen LogP contribution in [0.15, 0.2) is 53.5 Å². The fourth-order valence-corrected chi connectivity index (χ4v) is 4.67. The zero-order chi connectivity index (χ0) is 26.6. The molecule has 4 heterocycles. The highest BCUT2D eigenvalue weighted by molar-refractivity contribution is 6.27. The van der Waals surface area contributed by atoms with Crippen LogP contribution in [0, 0.1) is 12.8 Å². The predicted molar refractivity (Wildman–Crippen MR) is 144 cm³/mol. The first-order valence-electron chi connectivity index (χ1n) is 13.0. The van der Waals surface area contributed by atoms with Crippen LogP contribution in [-0.2, 0) is 19.1 Å². The summed E-state index contributed by atoms with van der Waals surface area (Å²) in [6.45, 7) is 9.15. The van der Waals surface area contributed by atoms with E-state index in [2.05, 4.69) is 19.9 Å². The van der Waals surface area contributed by atoms with E-state index in [0.29, 0.717) is 17.9 Å². The third kappa shape index (κ3) is 5.62. The number of hydrogen-bond donors (Lipinski definition) is 1. The molecule has 0 spiro atoms. The first-order valence-corrected chi connectivity index (χ1v) is 13.0. The number of nitrogens with zero attached hydrogens (tertiary/aromatic N) is 3. The van der Waals surface area contributed by atoms with Crippen LogP contribution in [0.1, 0.15) is 37.8 Å². The van der Waals surface area contributed by atoms with E-state index >= 15 is 0 Å². The third-order valence-corrected chi connectivity index (χ3v) is 6.60. The van der Waals surface area contributed by atoms with Gasteiger partial charge in [-0.3, -0.25) is 14.5 Å². The summed E-state index contributed by atoms with van der Waals surface area (Å²) in [5.41, 5.74) is 2.83. The van der Waals surface area contributed by atoms with E-state index in [1.807, 2.05) is 31.2 Å². The number of aliphatic imine (C=N–C) groups is 1. The largest absolute Gasteiger partial charge is 0.492 e. The molecule has 0 amide bonds. The molecule has 38 heavy (non-hydrogen) atoms. The number of nitrogens with one attached hydrogen (secondary N) is 1. The average Bonchev–Trinajstić information content (AvgIpc) is 3.61. The molecule has 3 aromatic rings. The monoisotopic (exact) mass is 516 g/mol. The lowest BCUT2D eigenvalue weighted by Crippen LogP contribution is -2.29. The lowest BCUT2D eigenvalue weighted by Gasteiger charge is -2.15. The molecule has 0 saturated carbocycles. The van der Waals surface area contributed by atoms with E-state index in [4.69, 9.17) is 14.2 Å². The average molecular weight is 517 g/mol. The molecule has 198 valence electrons. The van der Waals surface area contributed by atoms with E-state index < -0.39 is 17.7 Å². The molecular formula is C29H32N4O5. The van der Waals surface area contributed by atoms with E-state index in [1.165, 1.54) is 12.8 Å². The highest BCUT2D eigenvalue weighted by Crippen LogP contribution is 2.31. The zero-order valence-electron chi connectivity index (χ0n) is 21.9. The molecule has 1 N–H and O–H groups in total. The number of carbonyl (C=O) groups excluding carboxylic acids is 2. The Balaban J connectivity index is 1.39. The highest BCUT2D eigenvalue weighted by Gasteiger charge is 2.45. The van der Waals surface area contributed by atoms with Gasteiger partial charge in [0, 0.05) is 29.9 Å². The molecule has 1 unspecified atom stereocenters. The van der Waals surface area contributed by atoms with E-state index in [9.17, 15) is 9.59 Å². The van der Waals surface area contributed by atoms with Gasteiger partial charge in [-0.1, -0.05) is 0 Å². The molecule has 0 aliphatic carbocycles. The molecule has 9 nitrogen and oxygen atoms in total. The quantitative estimate of drug-likeness (QED) is 0.265. The van der Waals surface area contributed by atoms with Crippen molar-refractivity contribution < 1.29 is 23.8 Å². The number of likely N-dealkylation sites (tertiary alicyclic amines) is 1. The summed E-state index contributed by atoms with van der Waals surface area (Å²) >= 11 is 0. The number of ether oxygens (including phenoxy) is 3. The van der Waals surface area contributed by atoms with Crippen LogP contribution in [-0.4, -0.2) is 64.9 Å². The van der Waals surface area contributed by atoms with E-state index in [1.54, 1.807) is 38.4 Å². The minimum Gasteiger partial charge on any atom is -0.492 e. The van der Waals surface area contributed by atoms with E-state index in [-0.39, 0.29) is 17.8 Å². The second-order valence-electron chi connectivity index (χ2n) is 9.83. The Labute approximate surface area is 221 Å². The Morgan fingerprint density at radius 1 is 1.29 bits per heavy atom. The van der Waals surface area contributed by atoms with Gasteiger partial charge < -0.3 is 19.2 Å². The van der Waals surface area contributed by atoms with Crippen molar-refractivity contribution in [3.63, 3.8) is 0 Å². The smallest absolute Gasteiger partial charge is 0.326 e. The Morgan fingerprint density at radius 3 is 2.87 bits per heavy atom. The van der Waals surface area contributed by atoms with Crippen molar-refractivity contribution in [1.29, 1.82) is 0 Å². The standard InChI is InChI=1S/C29H32N4O5/c1-18(2)37-29(35)25-26(34)24(16-20-17-31-27-22(20)7-6-10-30-27)38-28(25)32-23-9-8-21(15-19(23)3)36-14-13-33-11-4-5-12-33/h6-10,15-18,25H,4-5,11-14H2,1-3H3,(H,30,31)/b24-16-,32-28?. The molecular weight excluding hydrogens is 484 g/mol. The summed E-state index contributed by atoms with van der Waals surface area (Å²) in [5, 5.41) is 0.833. The second kappa shape index (κ2) is 11.2. The number of aromatic amines is 1. The van der Waals surface area contributed by atoms with Gasteiger partial charge in [-0.25, -0.2) is 9.98 Å². The van der Waals surface area contributed by atoms with Crippen LogP contribution in [0.5, 0.6) is 5.75 Å². The van der Waals surface area contributed by atoms with Crippen LogP contribution in [0.25, 0.3) is 17.1 Å². The van der Waals surface area contributed by atoms with Crippen LogP contribution in [0.4, 0.5) is 5.69 Å². The summed E-state index contributed by atoms with van der Waals surface area (Å²) < 4.78 is 17.2. The number of benzene rings is 1. The number of pyridine rings is 1. The van der Waals surface area contributed by atoms with Gasteiger partial charge in [0.25, 0.3) is 0 Å². The van der Waals surface area contributed by atoms with Crippen LogP contribution in [0.2, 0.25) is 0 Å². The van der Waals surface area contributed by atoms with Gasteiger partial charge in [0.15, 0.2) is 11.7 Å². The van der Waals surface area contributed by atoms with Crippen LogP contribution >= 0.6 is 0 Å². The molecule has 2 aromatic heterocycles. The lowest BCUT2D eigenvalue weighted by molar-refractivity contribution is -0.151. The molecule has 1 atom stereocenters. The van der Waals surface area contributed by atoms with Gasteiger partial charge in [0.2, 0.25) is 11.7 Å². The summed E-state index contributed by atoms with van der Waals surface area (Å²) in [7, 11) is 0. The molecule has 5 rings (SSSR count). The van der Waals surface area contributed by atoms with Crippen LogP contribution < -0.4 is 4.74 Å². The lowest BCUT2D eigenvalue weighted by atomic mass is 10.0. The van der Waals surface area contributed by atoms with Crippen molar-refractivity contribution in [2.24, 2.45) is 10.9 Å². The number of aromatic nitrogens is 2. The number of rotatable bonds is 8. The van der Waals surface area contributed by atoms with Crippen LogP contribution in [0.3, 0.4) is 0 Å². The molecule has 2 aliphatic rings. The number of aryl methyl sites for hydroxylation is 1. The van der Waals surface area contributed by atoms with Gasteiger partial charge in [-0.2, -0.15) is 0 Å². The van der Waals surface area contributed by atoms with Gasteiger partial charge in [-0.15, -0.1) is 0 Å². The zero-order valence-corrected chi connectivity index (χ0v) is 21.9. The number of fused-ring (bicyclic) bond motifs is 1. The molecule has 9 heteroatoms. The second-order valence-corrected chi connectivity index (χ2v) is 9.83. The number of ketones is 1. The number of Topliss-reactive ketones (excluding diaryl/α,β-unsaturated/α-hetero) is 1. The molecule has 0 radical (unpaired) electrons. The molecule has 2 saturated heterocycles. The minimum absolute atomic E-state index is 0.00401. The maximum atomic E-state index is 13.3. The summed E-state index contributed by atoms with van der Waals surface area (Å²) in [6, 6.07) is 9.25. The third-order valence-electron chi connectivity index (χ3n) is 6.60. The van der Waals surface area contributed by atoms with Crippen molar-refractivity contribution in [2.75, 3.05) is 26.2 Å². The number of esters is 1. The van der Waals surface area contributed by atoms with Gasteiger partial charge in [-0.05, 0) is 88.7 Å². The molecule has 2 aliphatic heterocycles. The Bertz CT molecular complexity index is 1400. The topological polar surface area (TPSA) is 106 Å². The highest BCUT2D eigenvalue weighted by atomic mass is 16.6. The summed E-state index contributed by atoms with van der Waals surface area (Å²) in [5.74, 6) is -1.69. The van der Waals surface area contributed by atoms with Crippen molar-refractivity contribution in [2.45, 2.75) is 39.7 Å². The number of hydrogen-bond acceptors (Lipinski definition) is 8. The van der Waals surface area contributed by atoms with E-state index in [0.717, 1.165) is 41.9 Å². The fraction of sp³-hybridized carbons (Fsp3) is 0.379. The Hall–Kier alpha value is -3.98. The molecule has 1 aromatic carbocycles. The maximum Gasteiger partial charge on any atom is 0.326 e. The van der Waals surface area contributed by atoms with Gasteiger partial charge in [0.05, 0.1) is 11.8 Å². The van der Waals surface area contributed by atoms with Crippen molar-refractivity contribution >= 4 is 40.4 Å². The summed E-state index contributed by atoms with van der Waals surface area (Å²) in [4.78, 5) is 40.6. The summed E-state index contributed by atoms with van der Waals surface area (Å²) in [6.07, 6.45) is 7.14. The van der Waals surface area contributed by atoms with Gasteiger partial charge >= 0.3 is 5.97 Å². The first kappa shape index (κ1) is 25.7. The Kier molecular flexibility index (Phi) is 7.55.